The second-order valence-electron chi connectivity index (χ2n) is 7.68. The van der Waals surface area contributed by atoms with Gasteiger partial charge in [-0.3, -0.25) is 4.79 Å². The third kappa shape index (κ3) is 2.41. The highest BCUT2D eigenvalue weighted by atomic mass is 16.5. The SMILES string of the molecule is CO[C@H]1C[C@@H](O)C12CCN(C(=O)c1[nH]c3ccc(C)cc3c1C)CC2. The van der Waals surface area contributed by atoms with E-state index in [1.54, 1.807) is 7.11 Å². The fourth-order valence-corrected chi connectivity index (χ4v) is 4.65. The quantitative estimate of drug-likeness (QED) is 0.882. The molecule has 2 aromatic rings. The Kier molecular flexibility index (Phi) is 3.89. The van der Waals surface area contributed by atoms with Gasteiger partial charge in [0.15, 0.2) is 0 Å². The van der Waals surface area contributed by atoms with Crippen LogP contribution in [0.25, 0.3) is 10.9 Å². The predicted octanol–water partition coefficient (Wildman–Crippen LogP) is 2.79. The molecule has 2 aliphatic rings. The van der Waals surface area contributed by atoms with Gasteiger partial charge in [-0.25, -0.2) is 0 Å². The van der Waals surface area contributed by atoms with Gasteiger partial charge in [0.05, 0.1) is 12.2 Å². The van der Waals surface area contributed by atoms with Crippen LogP contribution in [0.3, 0.4) is 0 Å². The highest BCUT2D eigenvalue weighted by Crippen LogP contribution is 2.50. The third-order valence-corrected chi connectivity index (χ3v) is 6.44. The summed E-state index contributed by atoms with van der Waals surface area (Å²) in [6, 6.07) is 6.21. The summed E-state index contributed by atoms with van der Waals surface area (Å²) in [6.07, 6.45) is 2.14. The smallest absolute Gasteiger partial charge is 0.270 e. The van der Waals surface area contributed by atoms with Crippen molar-refractivity contribution in [3.05, 3.63) is 35.0 Å². The Balaban J connectivity index is 1.54. The van der Waals surface area contributed by atoms with Crippen LogP contribution in [0.2, 0.25) is 0 Å². The molecule has 1 amide bonds. The van der Waals surface area contributed by atoms with Crippen LogP contribution in [-0.2, 0) is 4.74 Å². The first-order valence-corrected chi connectivity index (χ1v) is 9.05. The molecule has 1 aromatic heterocycles. The average Bonchev–Trinajstić information content (AvgIpc) is 2.95. The molecule has 1 saturated carbocycles. The van der Waals surface area contributed by atoms with E-state index in [9.17, 15) is 9.90 Å². The van der Waals surface area contributed by atoms with Crippen LogP contribution in [0.15, 0.2) is 18.2 Å². The van der Waals surface area contributed by atoms with Crippen LogP contribution < -0.4 is 0 Å². The number of aliphatic hydroxyl groups excluding tert-OH is 1. The zero-order valence-corrected chi connectivity index (χ0v) is 15.1. The number of ether oxygens (including phenoxy) is 1. The van der Waals surface area contributed by atoms with Gasteiger partial charge in [-0.15, -0.1) is 0 Å². The summed E-state index contributed by atoms with van der Waals surface area (Å²) in [4.78, 5) is 18.2. The van der Waals surface area contributed by atoms with Crippen molar-refractivity contribution in [2.75, 3.05) is 20.2 Å². The maximum Gasteiger partial charge on any atom is 0.270 e. The summed E-state index contributed by atoms with van der Waals surface area (Å²) in [7, 11) is 1.71. The number of methoxy groups -OCH3 is 1. The number of rotatable bonds is 2. The van der Waals surface area contributed by atoms with Crippen molar-refractivity contribution in [3.8, 4) is 0 Å². The Bertz CT molecular complexity index is 818. The number of hydrogen-bond donors (Lipinski definition) is 2. The second kappa shape index (κ2) is 5.85. The number of aromatic nitrogens is 1. The number of fused-ring (bicyclic) bond motifs is 1. The minimum absolute atomic E-state index is 0.0592. The lowest BCUT2D eigenvalue weighted by molar-refractivity contribution is -0.199. The maximum absolute atomic E-state index is 13.0. The van der Waals surface area contributed by atoms with Crippen LogP contribution in [0.5, 0.6) is 0 Å². The Labute approximate surface area is 148 Å². The van der Waals surface area contributed by atoms with Gasteiger partial charge in [0.1, 0.15) is 5.69 Å². The van der Waals surface area contributed by atoms with E-state index >= 15 is 0 Å². The molecule has 2 atom stereocenters. The molecule has 0 unspecified atom stereocenters. The lowest BCUT2D eigenvalue weighted by Crippen LogP contribution is -2.62. The Morgan fingerprint density at radius 1 is 1.32 bits per heavy atom. The largest absolute Gasteiger partial charge is 0.392 e. The van der Waals surface area contributed by atoms with Crippen molar-refractivity contribution < 1.29 is 14.6 Å². The van der Waals surface area contributed by atoms with Crippen molar-refractivity contribution in [2.45, 2.75) is 45.3 Å². The number of carbonyl (C=O) groups excluding carboxylic acids is 1. The number of carbonyl (C=O) groups is 1. The van der Waals surface area contributed by atoms with Crippen LogP contribution in [0.4, 0.5) is 0 Å². The highest BCUT2D eigenvalue weighted by Gasteiger charge is 2.56. The molecule has 1 aliphatic heterocycles. The van der Waals surface area contributed by atoms with E-state index in [1.807, 2.05) is 17.9 Å². The number of nitrogens with one attached hydrogen (secondary N) is 1. The molecule has 0 bridgehead atoms. The summed E-state index contributed by atoms with van der Waals surface area (Å²) in [6.45, 7) is 5.41. The third-order valence-electron chi connectivity index (χ3n) is 6.44. The second-order valence-corrected chi connectivity index (χ2v) is 7.68. The maximum atomic E-state index is 13.0. The van der Waals surface area contributed by atoms with Gasteiger partial charge in [0.2, 0.25) is 0 Å². The summed E-state index contributed by atoms with van der Waals surface area (Å²) < 4.78 is 5.53. The zero-order chi connectivity index (χ0) is 17.8. The van der Waals surface area contributed by atoms with Gasteiger partial charge in [0, 0.05) is 42.9 Å². The fraction of sp³-hybridized carbons (Fsp3) is 0.550. The number of hydrogen-bond acceptors (Lipinski definition) is 3. The van der Waals surface area contributed by atoms with Crippen molar-refractivity contribution in [1.82, 2.24) is 9.88 Å². The van der Waals surface area contributed by atoms with Crippen LogP contribution in [-0.4, -0.2) is 53.3 Å². The van der Waals surface area contributed by atoms with E-state index in [0.717, 1.165) is 29.3 Å². The van der Waals surface area contributed by atoms with E-state index in [0.29, 0.717) is 25.2 Å². The molecular weight excluding hydrogens is 316 g/mol. The molecule has 2 N–H and O–H groups in total. The molecule has 0 radical (unpaired) electrons. The number of aryl methyl sites for hydroxylation is 2. The molecule has 5 nitrogen and oxygen atoms in total. The monoisotopic (exact) mass is 342 g/mol. The van der Waals surface area contributed by atoms with Crippen molar-refractivity contribution in [3.63, 3.8) is 0 Å². The first-order valence-electron chi connectivity index (χ1n) is 9.05. The average molecular weight is 342 g/mol. The molecule has 25 heavy (non-hydrogen) atoms. The van der Waals surface area contributed by atoms with Gasteiger partial charge in [-0.1, -0.05) is 11.6 Å². The predicted molar refractivity (Wildman–Crippen MR) is 96.8 cm³/mol. The number of aliphatic hydroxyl groups is 1. The van der Waals surface area contributed by atoms with Gasteiger partial charge in [-0.2, -0.15) is 0 Å². The Hall–Kier alpha value is -1.85. The fourth-order valence-electron chi connectivity index (χ4n) is 4.65. The lowest BCUT2D eigenvalue weighted by atomic mass is 9.58. The molecular formula is C20H26N2O3. The minimum atomic E-state index is -0.299. The topological polar surface area (TPSA) is 65.6 Å². The number of aromatic amines is 1. The normalized spacial score (nSPS) is 25.4. The molecule has 1 saturated heterocycles. The number of likely N-dealkylation sites (tertiary alicyclic amines) is 1. The summed E-state index contributed by atoms with van der Waals surface area (Å²) in [5.41, 5.74) is 3.75. The molecule has 5 heteroatoms. The molecule has 1 spiro atoms. The van der Waals surface area contributed by atoms with Gasteiger partial charge in [0.25, 0.3) is 5.91 Å². The molecule has 4 rings (SSSR count). The Morgan fingerprint density at radius 3 is 2.68 bits per heavy atom. The molecule has 2 fully saturated rings. The molecule has 1 aliphatic carbocycles. The first-order chi connectivity index (χ1) is 12.0. The molecule has 2 heterocycles. The van der Waals surface area contributed by atoms with E-state index in [4.69, 9.17) is 4.74 Å². The highest BCUT2D eigenvalue weighted by molar-refractivity contribution is 6.01. The first kappa shape index (κ1) is 16.6. The zero-order valence-electron chi connectivity index (χ0n) is 15.1. The number of benzene rings is 1. The van der Waals surface area contributed by atoms with Crippen molar-refractivity contribution in [1.29, 1.82) is 0 Å². The number of H-pyrrole nitrogens is 1. The van der Waals surface area contributed by atoms with Gasteiger partial charge in [-0.05, 0) is 44.4 Å². The summed E-state index contributed by atoms with van der Waals surface area (Å²) in [5.74, 6) is 0.0592. The number of amides is 1. The van der Waals surface area contributed by atoms with E-state index in [1.165, 1.54) is 5.56 Å². The van der Waals surface area contributed by atoms with Crippen LogP contribution in [0.1, 0.15) is 40.9 Å². The Morgan fingerprint density at radius 2 is 2.04 bits per heavy atom. The standard InChI is InChI=1S/C20H26N2O3/c1-12-4-5-15-14(10-12)13(2)18(21-15)19(24)22-8-6-20(7-9-22)16(23)11-17(20)25-3/h4-5,10,16-17,21,23H,6-9,11H2,1-3H3/t16-,17+/m1/s1. The van der Waals surface area contributed by atoms with E-state index < -0.39 is 0 Å². The summed E-state index contributed by atoms with van der Waals surface area (Å²) in [5, 5.41) is 11.4. The van der Waals surface area contributed by atoms with Crippen LogP contribution in [0, 0.1) is 19.3 Å². The molecule has 1 aromatic carbocycles. The molecule has 134 valence electrons. The van der Waals surface area contributed by atoms with Gasteiger partial charge < -0.3 is 19.7 Å². The van der Waals surface area contributed by atoms with Crippen molar-refractivity contribution in [2.24, 2.45) is 5.41 Å². The van der Waals surface area contributed by atoms with Crippen LogP contribution >= 0.6 is 0 Å². The number of nitrogens with zero attached hydrogens (tertiary/aromatic N) is 1. The lowest BCUT2D eigenvalue weighted by Gasteiger charge is -2.56. The van der Waals surface area contributed by atoms with E-state index in [2.05, 4.69) is 24.0 Å². The van der Waals surface area contributed by atoms with E-state index in [-0.39, 0.29) is 23.5 Å². The van der Waals surface area contributed by atoms with Crippen molar-refractivity contribution >= 4 is 16.8 Å². The minimum Gasteiger partial charge on any atom is -0.392 e. The van der Waals surface area contributed by atoms with Gasteiger partial charge >= 0.3 is 0 Å². The number of piperidine rings is 1. The summed E-state index contributed by atoms with van der Waals surface area (Å²) >= 11 is 0.